The van der Waals surface area contributed by atoms with Crippen LogP contribution < -0.4 is 21.5 Å². The van der Waals surface area contributed by atoms with Crippen molar-refractivity contribution in [1.29, 1.82) is 0 Å². The van der Waals surface area contributed by atoms with Crippen molar-refractivity contribution in [2.24, 2.45) is 0 Å². The van der Waals surface area contributed by atoms with E-state index in [1.807, 2.05) is 30.3 Å². The number of amides is 5. The lowest BCUT2D eigenvalue weighted by atomic mass is 10.1. The molecule has 22 heavy (non-hydrogen) atoms. The molecule has 116 valence electrons. The minimum Gasteiger partial charge on any atom is -0.326 e. The predicted octanol–water partition coefficient (Wildman–Crippen LogP) is -0.635. The highest BCUT2D eigenvalue weighted by Gasteiger charge is 2.29. The summed E-state index contributed by atoms with van der Waals surface area (Å²) in [4.78, 5) is 45.4. The topological polar surface area (TPSA) is 116 Å². The van der Waals surface area contributed by atoms with Gasteiger partial charge < -0.3 is 5.32 Å². The van der Waals surface area contributed by atoms with Gasteiger partial charge in [-0.3, -0.25) is 30.6 Å². The first kappa shape index (κ1) is 15.5. The van der Waals surface area contributed by atoms with Crippen molar-refractivity contribution in [3.63, 3.8) is 0 Å². The molecule has 0 radical (unpaired) electrons. The summed E-state index contributed by atoms with van der Waals surface area (Å²) < 4.78 is 0. The second-order valence-corrected chi connectivity index (χ2v) is 4.81. The Balaban J connectivity index is 1.66. The summed E-state index contributed by atoms with van der Waals surface area (Å²) in [6.45, 7) is 0. The SMILES string of the molecule is O=C(CC[C@@H]1NC(=O)NC1=O)NNC(=O)Cc1ccccc1. The number of carbonyl (C=O) groups is 4. The number of hydrazine groups is 1. The van der Waals surface area contributed by atoms with Crippen LogP contribution in [0.15, 0.2) is 30.3 Å². The quantitative estimate of drug-likeness (QED) is 0.428. The van der Waals surface area contributed by atoms with Gasteiger partial charge in [-0.2, -0.15) is 0 Å². The van der Waals surface area contributed by atoms with Gasteiger partial charge in [0.25, 0.3) is 5.91 Å². The van der Waals surface area contributed by atoms with E-state index < -0.39 is 23.9 Å². The van der Waals surface area contributed by atoms with Crippen LogP contribution in [0.25, 0.3) is 0 Å². The summed E-state index contributed by atoms with van der Waals surface area (Å²) in [6.07, 6.45) is 0.324. The van der Waals surface area contributed by atoms with Crippen LogP contribution in [0, 0.1) is 0 Å². The maximum atomic E-state index is 11.6. The molecule has 1 aromatic carbocycles. The average molecular weight is 304 g/mol. The van der Waals surface area contributed by atoms with E-state index in [0.29, 0.717) is 0 Å². The molecule has 1 aliphatic heterocycles. The van der Waals surface area contributed by atoms with E-state index in [4.69, 9.17) is 0 Å². The Bertz CT molecular complexity index is 588. The largest absolute Gasteiger partial charge is 0.326 e. The maximum Gasteiger partial charge on any atom is 0.322 e. The van der Waals surface area contributed by atoms with Crippen molar-refractivity contribution in [3.05, 3.63) is 35.9 Å². The minimum absolute atomic E-state index is 0.00395. The van der Waals surface area contributed by atoms with Crippen LogP contribution in [0.1, 0.15) is 18.4 Å². The molecular weight excluding hydrogens is 288 g/mol. The normalized spacial score (nSPS) is 16.6. The van der Waals surface area contributed by atoms with E-state index in [1.165, 1.54) is 0 Å². The molecule has 0 unspecified atom stereocenters. The first-order valence-corrected chi connectivity index (χ1v) is 6.77. The Morgan fingerprint density at radius 2 is 1.73 bits per heavy atom. The molecule has 1 fully saturated rings. The summed E-state index contributed by atoms with van der Waals surface area (Å²) >= 11 is 0. The van der Waals surface area contributed by atoms with Gasteiger partial charge in [0.2, 0.25) is 11.8 Å². The van der Waals surface area contributed by atoms with Gasteiger partial charge >= 0.3 is 6.03 Å². The molecule has 0 aliphatic carbocycles. The van der Waals surface area contributed by atoms with E-state index in [0.717, 1.165) is 5.56 Å². The van der Waals surface area contributed by atoms with Gasteiger partial charge in [0.1, 0.15) is 6.04 Å². The highest BCUT2D eigenvalue weighted by molar-refractivity contribution is 6.04. The Morgan fingerprint density at radius 3 is 2.36 bits per heavy atom. The molecule has 0 aromatic heterocycles. The molecule has 0 saturated carbocycles. The molecule has 0 spiro atoms. The van der Waals surface area contributed by atoms with Gasteiger partial charge in [0.15, 0.2) is 0 Å². The zero-order chi connectivity index (χ0) is 15.9. The number of rotatable bonds is 5. The monoisotopic (exact) mass is 304 g/mol. The lowest BCUT2D eigenvalue weighted by Gasteiger charge is -2.09. The Morgan fingerprint density at radius 1 is 1.05 bits per heavy atom. The number of benzene rings is 1. The van der Waals surface area contributed by atoms with Gasteiger partial charge in [0, 0.05) is 6.42 Å². The zero-order valence-electron chi connectivity index (χ0n) is 11.7. The summed E-state index contributed by atoms with van der Waals surface area (Å²) in [5.74, 6) is -1.23. The number of hydrogen-bond acceptors (Lipinski definition) is 4. The van der Waals surface area contributed by atoms with E-state index >= 15 is 0 Å². The van der Waals surface area contributed by atoms with Crippen molar-refractivity contribution in [3.8, 4) is 0 Å². The standard InChI is InChI=1S/C14H16N4O4/c19-11(7-6-10-13(21)16-14(22)15-10)17-18-12(20)8-9-4-2-1-3-5-9/h1-5,10H,6-8H2,(H,17,19)(H,18,20)(H2,15,16,21,22)/t10-/m0/s1. The van der Waals surface area contributed by atoms with Crippen LogP contribution in [0.4, 0.5) is 4.79 Å². The molecule has 1 saturated heterocycles. The average Bonchev–Trinajstić information content (AvgIpc) is 2.82. The van der Waals surface area contributed by atoms with Crippen molar-refractivity contribution in [2.75, 3.05) is 0 Å². The predicted molar refractivity (Wildman–Crippen MR) is 76.1 cm³/mol. The summed E-state index contributed by atoms with van der Waals surface area (Å²) in [5, 5.41) is 4.47. The molecule has 8 heteroatoms. The summed E-state index contributed by atoms with van der Waals surface area (Å²) in [7, 11) is 0. The number of hydrogen-bond donors (Lipinski definition) is 4. The number of urea groups is 1. The molecular formula is C14H16N4O4. The van der Waals surface area contributed by atoms with Crippen LogP contribution in [-0.4, -0.2) is 29.8 Å². The van der Waals surface area contributed by atoms with Crippen LogP contribution in [0.5, 0.6) is 0 Å². The van der Waals surface area contributed by atoms with Gasteiger partial charge in [-0.1, -0.05) is 30.3 Å². The third kappa shape index (κ3) is 4.58. The highest BCUT2D eigenvalue weighted by atomic mass is 16.2. The first-order chi connectivity index (χ1) is 10.5. The first-order valence-electron chi connectivity index (χ1n) is 6.77. The van der Waals surface area contributed by atoms with Crippen molar-refractivity contribution >= 4 is 23.8 Å². The van der Waals surface area contributed by atoms with Crippen molar-refractivity contribution in [1.82, 2.24) is 21.5 Å². The molecule has 1 heterocycles. The van der Waals surface area contributed by atoms with E-state index in [1.54, 1.807) is 0 Å². The molecule has 1 aliphatic rings. The maximum absolute atomic E-state index is 11.6. The highest BCUT2D eigenvalue weighted by Crippen LogP contribution is 2.02. The Hall–Kier alpha value is -2.90. The van der Waals surface area contributed by atoms with Crippen LogP contribution in [0.2, 0.25) is 0 Å². The summed E-state index contributed by atoms with van der Waals surface area (Å²) in [5.41, 5.74) is 5.40. The Labute approximate surface area is 126 Å². The lowest BCUT2D eigenvalue weighted by molar-refractivity contribution is -0.129. The number of carbonyl (C=O) groups excluding carboxylic acids is 4. The molecule has 1 aromatic rings. The van der Waals surface area contributed by atoms with E-state index in [2.05, 4.69) is 21.5 Å². The summed E-state index contributed by atoms with van der Waals surface area (Å²) in [6, 6.07) is 7.83. The van der Waals surface area contributed by atoms with Gasteiger partial charge in [-0.05, 0) is 12.0 Å². The van der Waals surface area contributed by atoms with E-state index in [9.17, 15) is 19.2 Å². The third-order valence-corrected chi connectivity index (χ3v) is 3.07. The Kier molecular flexibility index (Phi) is 5.07. The molecule has 2 rings (SSSR count). The second-order valence-electron chi connectivity index (χ2n) is 4.81. The van der Waals surface area contributed by atoms with Crippen molar-refractivity contribution in [2.45, 2.75) is 25.3 Å². The zero-order valence-corrected chi connectivity index (χ0v) is 11.7. The van der Waals surface area contributed by atoms with Crippen LogP contribution >= 0.6 is 0 Å². The molecule has 5 amide bonds. The third-order valence-electron chi connectivity index (χ3n) is 3.07. The smallest absolute Gasteiger partial charge is 0.322 e. The second kappa shape index (κ2) is 7.21. The fraction of sp³-hybridized carbons (Fsp3) is 0.286. The van der Waals surface area contributed by atoms with Crippen LogP contribution in [-0.2, 0) is 20.8 Å². The van der Waals surface area contributed by atoms with Crippen LogP contribution in [0.3, 0.4) is 0 Å². The number of imide groups is 1. The van der Waals surface area contributed by atoms with Gasteiger partial charge in [-0.15, -0.1) is 0 Å². The van der Waals surface area contributed by atoms with Gasteiger partial charge in [0.05, 0.1) is 6.42 Å². The van der Waals surface area contributed by atoms with Crippen molar-refractivity contribution < 1.29 is 19.2 Å². The molecule has 8 nitrogen and oxygen atoms in total. The van der Waals surface area contributed by atoms with Gasteiger partial charge in [-0.25, -0.2) is 4.79 Å². The number of nitrogens with one attached hydrogen (secondary N) is 4. The molecule has 0 bridgehead atoms. The fourth-order valence-corrected chi connectivity index (χ4v) is 1.96. The molecule has 4 N–H and O–H groups in total. The fourth-order valence-electron chi connectivity index (χ4n) is 1.96. The minimum atomic E-state index is -0.710. The van der Waals surface area contributed by atoms with E-state index in [-0.39, 0.29) is 25.2 Å². The molecule has 1 atom stereocenters. The lowest BCUT2D eigenvalue weighted by Crippen LogP contribution is -2.43.